The summed E-state index contributed by atoms with van der Waals surface area (Å²) in [6, 6.07) is 8.12. The van der Waals surface area contributed by atoms with Crippen molar-refractivity contribution in [2.75, 3.05) is 25.4 Å². The van der Waals surface area contributed by atoms with E-state index in [2.05, 4.69) is 35.2 Å². The Morgan fingerprint density at radius 2 is 2.15 bits per heavy atom. The van der Waals surface area contributed by atoms with Crippen molar-refractivity contribution in [1.82, 2.24) is 15.3 Å². The maximum atomic E-state index is 5.49. The van der Waals surface area contributed by atoms with Gasteiger partial charge in [0.15, 0.2) is 5.16 Å². The molecule has 2 N–H and O–H groups in total. The van der Waals surface area contributed by atoms with Crippen molar-refractivity contribution in [2.24, 2.45) is 0 Å². The fourth-order valence-electron chi connectivity index (χ4n) is 1.86. The first kappa shape index (κ1) is 15.4. The Hall–Kier alpha value is -1.04. The molecule has 0 saturated carbocycles. The second-order valence-corrected chi connectivity index (χ2v) is 6.01. The molecule has 0 aliphatic heterocycles. The van der Waals surface area contributed by atoms with E-state index in [0.717, 1.165) is 48.1 Å². The number of fused-ring (bicyclic) bond motifs is 1. The summed E-state index contributed by atoms with van der Waals surface area (Å²) in [5, 5.41) is 4.42. The van der Waals surface area contributed by atoms with Crippen LogP contribution in [0.4, 0.5) is 0 Å². The molecule has 1 heterocycles. The molecule has 1 aromatic carbocycles. The maximum absolute atomic E-state index is 5.49. The van der Waals surface area contributed by atoms with E-state index >= 15 is 0 Å². The van der Waals surface area contributed by atoms with E-state index in [9.17, 15) is 0 Å². The average Bonchev–Trinajstić information content (AvgIpc) is 2.84. The number of imidazole rings is 1. The summed E-state index contributed by atoms with van der Waals surface area (Å²) < 4.78 is 5.49. The lowest BCUT2D eigenvalue weighted by molar-refractivity contribution is 0.0772. The molecule has 0 radical (unpaired) electrons. The van der Waals surface area contributed by atoms with Gasteiger partial charge in [-0.05, 0) is 38.9 Å². The number of aromatic amines is 1. The summed E-state index contributed by atoms with van der Waals surface area (Å²) in [5.74, 6) is 1.02. The van der Waals surface area contributed by atoms with Crippen molar-refractivity contribution in [3.8, 4) is 0 Å². The van der Waals surface area contributed by atoms with Gasteiger partial charge in [0.25, 0.3) is 0 Å². The highest BCUT2D eigenvalue weighted by Gasteiger charge is 2.01. The second-order valence-electron chi connectivity index (χ2n) is 4.93. The molecule has 0 aliphatic rings. The molecule has 0 fully saturated rings. The minimum Gasteiger partial charge on any atom is -0.379 e. The fourth-order valence-corrected chi connectivity index (χ4v) is 2.64. The first-order valence-corrected chi connectivity index (χ1v) is 8.14. The van der Waals surface area contributed by atoms with Gasteiger partial charge in [0.05, 0.1) is 17.1 Å². The summed E-state index contributed by atoms with van der Waals surface area (Å²) in [5.41, 5.74) is 2.14. The van der Waals surface area contributed by atoms with E-state index in [1.54, 1.807) is 11.8 Å². The van der Waals surface area contributed by atoms with Gasteiger partial charge in [0, 0.05) is 18.9 Å². The molecule has 110 valence electrons. The maximum Gasteiger partial charge on any atom is 0.166 e. The smallest absolute Gasteiger partial charge is 0.166 e. The number of benzene rings is 1. The zero-order valence-corrected chi connectivity index (χ0v) is 13.0. The standard InChI is InChI=1S/C15H23N3OS/c1-12(2)19-10-5-8-16-9-11-20-15-17-13-6-3-4-7-14(13)18-15/h3-4,6-7,12,16H,5,8-11H2,1-2H3,(H,17,18). The Bertz CT molecular complexity index is 480. The number of ether oxygens (including phenoxy) is 1. The van der Waals surface area contributed by atoms with Gasteiger partial charge in [0.2, 0.25) is 0 Å². The number of hydrogen-bond donors (Lipinski definition) is 2. The number of H-pyrrole nitrogens is 1. The molecule has 0 bridgehead atoms. The number of aromatic nitrogens is 2. The van der Waals surface area contributed by atoms with Gasteiger partial charge in [-0.25, -0.2) is 4.98 Å². The number of para-hydroxylation sites is 2. The minimum atomic E-state index is 0.332. The molecule has 0 amide bonds. The molecule has 0 atom stereocenters. The highest BCUT2D eigenvalue weighted by Crippen LogP contribution is 2.18. The first-order chi connectivity index (χ1) is 9.75. The molecule has 2 aromatic rings. The molecule has 0 aliphatic carbocycles. The molecular formula is C15H23N3OS. The van der Waals surface area contributed by atoms with Crippen LogP contribution >= 0.6 is 11.8 Å². The van der Waals surface area contributed by atoms with E-state index in [4.69, 9.17) is 4.74 Å². The van der Waals surface area contributed by atoms with Crippen molar-refractivity contribution in [2.45, 2.75) is 31.5 Å². The number of nitrogens with one attached hydrogen (secondary N) is 2. The minimum absolute atomic E-state index is 0.332. The largest absolute Gasteiger partial charge is 0.379 e. The molecule has 1 aromatic heterocycles. The highest BCUT2D eigenvalue weighted by atomic mass is 32.2. The quantitative estimate of drug-likeness (QED) is 0.551. The van der Waals surface area contributed by atoms with Crippen LogP contribution in [0.5, 0.6) is 0 Å². The van der Waals surface area contributed by atoms with Gasteiger partial charge in [-0.15, -0.1) is 0 Å². The molecule has 5 heteroatoms. The Kier molecular flexibility index (Phi) is 6.36. The fraction of sp³-hybridized carbons (Fsp3) is 0.533. The summed E-state index contributed by atoms with van der Waals surface area (Å²) in [7, 11) is 0. The highest BCUT2D eigenvalue weighted by molar-refractivity contribution is 7.99. The summed E-state index contributed by atoms with van der Waals surface area (Å²) >= 11 is 1.75. The van der Waals surface area contributed by atoms with Gasteiger partial charge < -0.3 is 15.0 Å². The van der Waals surface area contributed by atoms with E-state index in [0.29, 0.717) is 6.10 Å². The number of hydrogen-bond acceptors (Lipinski definition) is 4. The van der Waals surface area contributed by atoms with Crippen LogP contribution in [0.15, 0.2) is 29.4 Å². The van der Waals surface area contributed by atoms with Crippen LogP contribution in [0.1, 0.15) is 20.3 Å². The Morgan fingerprint density at radius 1 is 1.30 bits per heavy atom. The van der Waals surface area contributed by atoms with Crippen LogP contribution < -0.4 is 5.32 Å². The lowest BCUT2D eigenvalue weighted by Crippen LogP contribution is -2.20. The third-order valence-electron chi connectivity index (χ3n) is 2.83. The van der Waals surface area contributed by atoms with Crippen molar-refractivity contribution >= 4 is 22.8 Å². The van der Waals surface area contributed by atoms with Crippen LogP contribution in [-0.4, -0.2) is 41.5 Å². The van der Waals surface area contributed by atoms with Crippen molar-refractivity contribution in [3.05, 3.63) is 24.3 Å². The van der Waals surface area contributed by atoms with Gasteiger partial charge >= 0.3 is 0 Å². The summed E-state index contributed by atoms with van der Waals surface area (Å²) in [6.45, 7) is 6.97. The average molecular weight is 293 g/mol. The molecule has 0 unspecified atom stereocenters. The van der Waals surface area contributed by atoms with Gasteiger partial charge in [-0.3, -0.25) is 0 Å². The van der Waals surface area contributed by atoms with Crippen LogP contribution in [0.2, 0.25) is 0 Å². The lowest BCUT2D eigenvalue weighted by Gasteiger charge is -2.07. The molecular weight excluding hydrogens is 270 g/mol. The molecule has 4 nitrogen and oxygen atoms in total. The third-order valence-corrected chi connectivity index (χ3v) is 3.71. The zero-order valence-electron chi connectivity index (χ0n) is 12.2. The Balaban J connectivity index is 1.57. The summed E-state index contributed by atoms with van der Waals surface area (Å²) in [6.07, 6.45) is 1.40. The van der Waals surface area contributed by atoms with Crippen LogP contribution in [0.3, 0.4) is 0 Å². The normalized spacial score (nSPS) is 11.6. The molecule has 2 rings (SSSR count). The molecule has 0 spiro atoms. The third kappa shape index (κ3) is 5.15. The van der Waals surface area contributed by atoms with Crippen molar-refractivity contribution < 1.29 is 4.74 Å². The van der Waals surface area contributed by atoms with Crippen molar-refractivity contribution in [3.63, 3.8) is 0 Å². The Labute approximate surface area is 124 Å². The lowest BCUT2D eigenvalue weighted by atomic mass is 10.3. The summed E-state index contributed by atoms with van der Waals surface area (Å²) in [4.78, 5) is 7.86. The zero-order chi connectivity index (χ0) is 14.2. The van der Waals surface area contributed by atoms with Crippen LogP contribution in [0.25, 0.3) is 11.0 Å². The first-order valence-electron chi connectivity index (χ1n) is 7.15. The predicted octanol–water partition coefficient (Wildman–Crippen LogP) is 3.06. The van der Waals surface area contributed by atoms with Crippen molar-refractivity contribution in [1.29, 1.82) is 0 Å². The van der Waals surface area contributed by atoms with Gasteiger partial charge in [-0.2, -0.15) is 0 Å². The van der Waals surface area contributed by atoms with E-state index in [1.165, 1.54) is 0 Å². The number of rotatable bonds is 9. The predicted molar refractivity (Wildman–Crippen MR) is 85.4 cm³/mol. The van der Waals surface area contributed by atoms with Crippen LogP contribution in [0, 0.1) is 0 Å². The van der Waals surface area contributed by atoms with Gasteiger partial charge in [0.1, 0.15) is 0 Å². The molecule has 0 saturated heterocycles. The van der Waals surface area contributed by atoms with E-state index in [1.807, 2.05) is 18.2 Å². The van der Waals surface area contributed by atoms with Crippen LogP contribution in [-0.2, 0) is 4.74 Å². The molecule has 20 heavy (non-hydrogen) atoms. The second kappa shape index (κ2) is 8.29. The number of nitrogens with zero attached hydrogens (tertiary/aromatic N) is 1. The number of thioether (sulfide) groups is 1. The SMILES string of the molecule is CC(C)OCCCNCCSc1nc2ccccc2[nH]1. The Morgan fingerprint density at radius 3 is 2.95 bits per heavy atom. The van der Waals surface area contributed by atoms with Gasteiger partial charge in [-0.1, -0.05) is 23.9 Å². The van der Waals surface area contributed by atoms with E-state index in [-0.39, 0.29) is 0 Å². The topological polar surface area (TPSA) is 49.9 Å². The monoisotopic (exact) mass is 293 g/mol. The van der Waals surface area contributed by atoms with E-state index < -0.39 is 0 Å².